The van der Waals surface area contributed by atoms with Crippen LogP contribution in [0.1, 0.15) is 23.5 Å². The van der Waals surface area contributed by atoms with Crippen molar-refractivity contribution >= 4 is 28.7 Å². The predicted octanol–water partition coefficient (Wildman–Crippen LogP) is -2.09. The first-order valence-electron chi connectivity index (χ1n) is 7.83. The van der Waals surface area contributed by atoms with Crippen LogP contribution in [0.25, 0.3) is 11.0 Å². The minimum Gasteiger partial charge on any atom is -0.394 e. The SMILES string of the molecule is CSc1nc2c(c(=O)[nH]1)c(=O)c(C(N)=O)cn2C1O[C@H](CO)[C@@H](O)[C@@]1(C)O. The molecule has 3 heterocycles. The van der Waals surface area contributed by atoms with E-state index in [2.05, 4.69) is 9.97 Å². The predicted molar refractivity (Wildman–Crippen MR) is 94.5 cm³/mol. The highest BCUT2D eigenvalue weighted by atomic mass is 32.2. The molecule has 2 aromatic rings. The molecule has 146 valence electrons. The van der Waals surface area contributed by atoms with Crippen LogP contribution in [0.2, 0.25) is 0 Å². The molecule has 1 aliphatic heterocycles. The zero-order valence-corrected chi connectivity index (χ0v) is 15.2. The Morgan fingerprint density at radius 3 is 2.70 bits per heavy atom. The molecule has 1 fully saturated rings. The van der Waals surface area contributed by atoms with Crippen molar-refractivity contribution in [1.82, 2.24) is 14.5 Å². The van der Waals surface area contributed by atoms with Crippen molar-refractivity contribution in [2.45, 2.75) is 36.1 Å². The standard InChI is InChI=1S/C15H18N4O7S/c1-15(25)9(22)6(4-20)26-13(15)19-3-5(10(16)23)8(21)7-11(19)17-14(27-2)18-12(7)24/h3,6,9,13,20,22,25H,4H2,1-2H3,(H2,16,23)(H,17,18,24)/t6-,9-,13?,15-/m1/s1. The number of amides is 1. The van der Waals surface area contributed by atoms with Crippen LogP contribution in [-0.4, -0.2) is 66.4 Å². The van der Waals surface area contributed by atoms with Gasteiger partial charge < -0.3 is 35.3 Å². The van der Waals surface area contributed by atoms with Gasteiger partial charge >= 0.3 is 0 Å². The lowest BCUT2D eigenvalue weighted by Crippen LogP contribution is -2.44. The molecule has 2 aromatic heterocycles. The van der Waals surface area contributed by atoms with Gasteiger partial charge in [0.2, 0.25) is 5.43 Å². The summed E-state index contributed by atoms with van der Waals surface area (Å²) in [7, 11) is 0. The number of aromatic amines is 1. The van der Waals surface area contributed by atoms with Gasteiger partial charge in [-0.2, -0.15) is 0 Å². The molecule has 27 heavy (non-hydrogen) atoms. The molecule has 0 aliphatic carbocycles. The number of pyridine rings is 1. The van der Waals surface area contributed by atoms with E-state index in [9.17, 15) is 29.7 Å². The second kappa shape index (κ2) is 6.73. The average molecular weight is 398 g/mol. The number of H-pyrrole nitrogens is 1. The van der Waals surface area contributed by atoms with E-state index in [1.807, 2.05) is 0 Å². The van der Waals surface area contributed by atoms with Crippen LogP contribution in [0.5, 0.6) is 0 Å². The second-order valence-corrected chi connectivity index (χ2v) is 7.09. The topological polar surface area (TPSA) is 181 Å². The number of rotatable bonds is 4. The van der Waals surface area contributed by atoms with E-state index in [0.29, 0.717) is 0 Å². The van der Waals surface area contributed by atoms with Crippen LogP contribution in [-0.2, 0) is 4.74 Å². The van der Waals surface area contributed by atoms with Crippen LogP contribution in [0.3, 0.4) is 0 Å². The van der Waals surface area contributed by atoms with Crippen molar-refractivity contribution in [2.75, 3.05) is 12.9 Å². The summed E-state index contributed by atoms with van der Waals surface area (Å²) in [4.78, 5) is 43.2. The molecule has 1 saturated heterocycles. The minimum atomic E-state index is -1.92. The van der Waals surface area contributed by atoms with E-state index < -0.39 is 58.5 Å². The highest BCUT2D eigenvalue weighted by molar-refractivity contribution is 7.98. The fourth-order valence-electron chi connectivity index (χ4n) is 3.07. The second-order valence-electron chi connectivity index (χ2n) is 6.30. The molecule has 0 radical (unpaired) electrons. The summed E-state index contributed by atoms with van der Waals surface area (Å²) < 4.78 is 6.62. The van der Waals surface area contributed by atoms with Crippen molar-refractivity contribution in [3.8, 4) is 0 Å². The van der Waals surface area contributed by atoms with Crippen LogP contribution < -0.4 is 16.7 Å². The summed E-state index contributed by atoms with van der Waals surface area (Å²) in [6.45, 7) is 0.674. The van der Waals surface area contributed by atoms with E-state index in [4.69, 9.17) is 10.5 Å². The number of hydrogen-bond acceptors (Lipinski definition) is 9. The average Bonchev–Trinajstić information content (AvgIpc) is 2.84. The monoisotopic (exact) mass is 398 g/mol. The Morgan fingerprint density at radius 2 is 2.19 bits per heavy atom. The normalized spacial score (nSPS) is 28.0. The minimum absolute atomic E-state index is 0.158. The number of aliphatic hydroxyl groups excluding tert-OH is 2. The number of nitrogens with one attached hydrogen (secondary N) is 1. The summed E-state index contributed by atoms with van der Waals surface area (Å²) in [6, 6.07) is 0. The van der Waals surface area contributed by atoms with Gasteiger partial charge in [-0.05, 0) is 13.2 Å². The highest BCUT2D eigenvalue weighted by Crippen LogP contribution is 2.39. The van der Waals surface area contributed by atoms with Gasteiger partial charge in [0.05, 0.1) is 6.61 Å². The van der Waals surface area contributed by atoms with Crippen LogP contribution >= 0.6 is 11.8 Å². The first kappa shape index (κ1) is 19.5. The molecule has 0 bridgehead atoms. The maximum Gasteiger partial charge on any atom is 0.265 e. The summed E-state index contributed by atoms with van der Waals surface area (Å²) in [5.74, 6) is -1.08. The van der Waals surface area contributed by atoms with Crippen molar-refractivity contribution in [3.63, 3.8) is 0 Å². The van der Waals surface area contributed by atoms with Crippen molar-refractivity contribution in [3.05, 3.63) is 32.3 Å². The molecular weight excluding hydrogens is 380 g/mol. The molecule has 11 nitrogen and oxygen atoms in total. The summed E-state index contributed by atoms with van der Waals surface area (Å²) >= 11 is 1.10. The van der Waals surface area contributed by atoms with Gasteiger partial charge in [-0.25, -0.2) is 4.98 Å². The lowest BCUT2D eigenvalue weighted by molar-refractivity contribution is -0.0951. The number of primary amides is 1. The molecule has 3 rings (SSSR count). The molecule has 0 spiro atoms. The lowest BCUT2D eigenvalue weighted by atomic mass is 9.96. The Morgan fingerprint density at radius 1 is 1.52 bits per heavy atom. The number of nitrogens with zero attached hydrogens (tertiary/aromatic N) is 2. The maximum atomic E-state index is 12.5. The third kappa shape index (κ3) is 2.95. The van der Waals surface area contributed by atoms with Gasteiger partial charge in [-0.3, -0.25) is 14.4 Å². The number of carbonyl (C=O) groups excluding carboxylic acids is 1. The Labute approximate surface area is 155 Å². The quantitative estimate of drug-likeness (QED) is 0.285. The molecule has 0 aromatic carbocycles. The van der Waals surface area contributed by atoms with Crippen LogP contribution in [0, 0.1) is 0 Å². The van der Waals surface area contributed by atoms with E-state index in [-0.39, 0.29) is 10.8 Å². The Hall–Kier alpha value is -2.25. The molecule has 1 amide bonds. The van der Waals surface area contributed by atoms with Crippen LogP contribution in [0.4, 0.5) is 0 Å². The molecule has 1 unspecified atom stereocenters. The number of hydrogen-bond donors (Lipinski definition) is 5. The molecular formula is C15H18N4O7S. The zero-order chi connectivity index (χ0) is 20.1. The van der Waals surface area contributed by atoms with Gasteiger partial charge in [0.15, 0.2) is 17.0 Å². The smallest absolute Gasteiger partial charge is 0.265 e. The summed E-state index contributed by atoms with van der Waals surface area (Å²) in [5, 5.41) is 30.0. The number of carbonyl (C=O) groups is 1. The van der Waals surface area contributed by atoms with Gasteiger partial charge in [0, 0.05) is 6.20 Å². The van der Waals surface area contributed by atoms with Gasteiger partial charge in [-0.1, -0.05) is 11.8 Å². The van der Waals surface area contributed by atoms with Gasteiger partial charge in [0.1, 0.15) is 28.8 Å². The third-order valence-corrected chi connectivity index (χ3v) is 5.09. The van der Waals surface area contributed by atoms with E-state index in [0.717, 1.165) is 22.5 Å². The van der Waals surface area contributed by atoms with Crippen molar-refractivity contribution in [1.29, 1.82) is 0 Å². The first-order valence-corrected chi connectivity index (χ1v) is 9.05. The fraction of sp³-hybridized carbons (Fsp3) is 0.467. The van der Waals surface area contributed by atoms with Crippen molar-refractivity contribution in [2.24, 2.45) is 5.73 Å². The Balaban J connectivity index is 2.40. The van der Waals surface area contributed by atoms with Gasteiger partial charge in [-0.15, -0.1) is 0 Å². The fourth-order valence-corrected chi connectivity index (χ4v) is 3.44. The number of nitrogens with two attached hydrogens (primary N) is 1. The van der Waals surface area contributed by atoms with E-state index in [1.165, 1.54) is 6.92 Å². The molecule has 6 N–H and O–H groups in total. The highest BCUT2D eigenvalue weighted by Gasteiger charge is 2.53. The number of aromatic nitrogens is 3. The molecule has 12 heteroatoms. The van der Waals surface area contributed by atoms with Crippen LogP contribution in [0.15, 0.2) is 20.9 Å². The van der Waals surface area contributed by atoms with Crippen molar-refractivity contribution < 1.29 is 24.9 Å². The number of aliphatic hydroxyl groups is 3. The Bertz CT molecular complexity index is 1030. The maximum absolute atomic E-state index is 12.5. The van der Waals surface area contributed by atoms with E-state index >= 15 is 0 Å². The number of thioether (sulfide) groups is 1. The lowest BCUT2D eigenvalue weighted by Gasteiger charge is -2.29. The zero-order valence-electron chi connectivity index (χ0n) is 14.4. The first-order chi connectivity index (χ1) is 12.6. The van der Waals surface area contributed by atoms with Gasteiger partial charge in [0.25, 0.3) is 11.5 Å². The Kier molecular flexibility index (Phi) is 4.86. The summed E-state index contributed by atoms with van der Waals surface area (Å²) in [6.07, 6.45) is -1.28. The molecule has 1 aliphatic rings. The summed E-state index contributed by atoms with van der Waals surface area (Å²) in [5.41, 5.74) is 0.960. The third-order valence-electron chi connectivity index (χ3n) is 4.51. The number of ether oxygens (including phenoxy) is 1. The molecule has 0 saturated carbocycles. The largest absolute Gasteiger partial charge is 0.394 e. The number of fused-ring (bicyclic) bond motifs is 1. The molecule has 4 atom stereocenters. The van der Waals surface area contributed by atoms with E-state index in [1.54, 1.807) is 6.26 Å².